The minimum absolute atomic E-state index is 0.386. The minimum Gasteiger partial charge on any atom is -0.506 e. The van der Waals surface area contributed by atoms with Crippen LogP contribution in [-0.4, -0.2) is 43.2 Å². The summed E-state index contributed by atoms with van der Waals surface area (Å²) in [6.07, 6.45) is 0. The van der Waals surface area contributed by atoms with Crippen molar-refractivity contribution in [2.75, 3.05) is 38.1 Å². The first-order valence-corrected chi connectivity index (χ1v) is 5.99. The quantitative estimate of drug-likeness (QED) is 0.789. The van der Waals surface area contributed by atoms with Gasteiger partial charge in [-0.1, -0.05) is 26.0 Å². The van der Waals surface area contributed by atoms with Crippen LogP contribution in [0.3, 0.4) is 0 Å². The van der Waals surface area contributed by atoms with Gasteiger partial charge in [0.1, 0.15) is 5.75 Å². The number of piperazine rings is 1. The molecule has 0 unspecified atom stereocenters. The Hall–Kier alpha value is -1.22. The molecule has 0 aliphatic carbocycles. The van der Waals surface area contributed by atoms with Crippen molar-refractivity contribution in [2.24, 2.45) is 0 Å². The van der Waals surface area contributed by atoms with Gasteiger partial charge in [-0.2, -0.15) is 0 Å². The summed E-state index contributed by atoms with van der Waals surface area (Å²) in [5, 5.41) is 9.67. The van der Waals surface area contributed by atoms with Gasteiger partial charge in [-0.15, -0.1) is 0 Å². The molecule has 0 spiro atoms. The lowest BCUT2D eigenvalue weighted by Crippen LogP contribution is -2.44. The van der Waals surface area contributed by atoms with E-state index >= 15 is 0 Å². The summed E-state index contributed by atoms with van der Waals surface area (Å²) >= 11 is 0. The molecular weight excluding hydrogens is 200 g/mol. The molecule has 1 aromatic carbocycles. The third-order valence-corrected chi connectivity index (χ3v) is 2.73. The van der Waals surface area contributed by atoms with E-state index in [9.17, 15) is 5.11 Å². The van der Waals surface area contributed by atoms with Gasteiger partial charge in [0.05, 0.1) is 5.69 Å². The number of benzene rings is 1. The first-order chi connectivity index (χ1) is 7.77. The summed E-state index contributed by atoms with van der Waals surface area (Å²) < 4.78 is 0. The Labute approximate surface area is 98.3 Å². The van der Waals surface area contributed by atoms with E-state index in [0.717, 1.165) is 31.9 Å². The molecule has 0 bridgehead atoms. The van der Waals surface area contributed by atoms with Gasteiger partial charge in [-0.05, 0) is 19.2 Å². The normalized spacial score (nSPS) is 16.6. The van der Waals surface area contributed by atoms with Crippen LogP contribution in [0.5, 0.6) is 5.75 Å². The summed E-state index contributed by atoms with van der Waals surface area (Å²) in [6.45, 7) is 8.12. The first kappa shape index (κ1) is 12.8. The maximum atomic E-state index is 9.67. The summed E-state index contributed by atoms with van der Waals surface area (Å²) in [7, 11) is 2.13. The number of hydrogen-bond acceptors (Lipinski definition) is 3. The number of nitrogens with zero attached hydrogens (tertiary/aromatic N) is 2. The SMILES string of the molecule is CC.CN1CCN(c2ccccc2O)CC1. The highest BCUT2D eigenvalue weighted by Crippen LogP contribution is 2.26. The zero-order valence-electron chi connectivity index (χ0n) is 10.5. The molecule has 0 amide bonds. The molecular formula is C13H22N2O. The van der Waals surface area contributed by atoms with Gasteiger partial charge in [0.25, 0.3) is 0 Å². The van der Waals surface area contributed by atoms with Crippen molar-refractivity contribution in [1.29, 1.82) is 0 Å². The molecule has 90 valence electrons. The largest absolute Gasteiger partial charge is 0.506 e. The Bertz CT molecular complexity index is 307. The number of phenols is 1. The van der Waals surface area contributed by atoms with Crippen LogP contribution in [0.2, 0.25) is 0 Å². The Morgan fingerprint density at radius 1 is 1.00 bits per heavy atom. The van der Waals surface area contributed by atoms with E-state index in [1.165, 1.54) is 0 Å². The highest BCUT2D eigenvalue weighted by molar-refractivity contribution is 5.57. The number of likely N-dealkylation sites (N-methyl/N-ethyl adjacent to an activating group) is 1. The van der Waals surface area contributed by atoms with Gasteiger partial charge >= 0.3 is 0 Å². The molecule has 3 nitrogen and oxygen atoms in total. The third-order valence-electron chi connectivity index (χ3n) is 2.73. The first-order valence-electron chi connectivity index (χ1n) is 5.99. The van der Waals surface area contributed by atoms with Crippen molar-refractivity contribution >= 4 is 5.69 Å². The molecule has 2 rings (SSSR count). The van der Waals surface area contributed by atoms with Gasteiger partial charge in [0.15, 0.2) is 0 Å². The summed E-state index contributed by atoms with van der Waals surface area (Å²) in [6, 6.07) is 7.54. The van der Waals surface area contributed by atoms with Gasteiger partial charge in [-0.25, -0.2) is 0 Å². The van der Waals surface area contributed by atoms with Gasteiger partial charge < -0.3 is 14.9 Å². The van der Waals surface area contributed by atoms with Crippen LogP contribution in [-0.2, 0) is 0 Å². The predicted molar refractivity (Wildman–Crippen MR) is 69.2 cm³/mol. The molecule has 0 saturated carbocycles. The van der Waals surface area contributed by atoms with Gasteiger partial charge in [-0.3, -0.25) is 0 Å². The summed E-state index contributed by atoms with van der Waals surface area (Å²) in [5.41, 5.74) is 0.959. The van der Waals surface area contributed by atoms with Gasteiger partial charge in [0.2, 0.25) is 0 Å². The van der Waals surface area contributed by atoms with Crippen molar-refractivity contribution in [3.8, 4) is 5.75 Å². The standard InChI is InChI=1S/C11H16N2O.C2H6/c1-12-6-8-13(9-7-12)10-4-2-3-5-11(10)14;1-2/h2-5,14H,6-9H2,1H3;1-2H3. The number of phenolic OH excluding ortho intramolecular Hbond substituents is 1. The van der Waals surface area contributed by atoms with E-state index in [-0.39, 0.29) is 0 Å². The molecule has 1 N–H and O–H groups in total. The second-order valence-electron chi connectivity index (χ2n) is 3.78. The fourth-order valence-electron chi connectivity index (χ4n) is 1.78. The molecule has 3 heteroatoms. The summed E-state index contributed by atoms with van der Waals surface area (Å²) in [4.78, 5) is 4.53. The second-order valence-corrected chi connectivity index (χ2v) is 3.78. The van der Waals surface area contributed by atoms with Crippen molar-refractivity contribution in [3.05, 3.63) is 24.3 Å². The van der Waals surface area contributed by atoms with Crippen LogP contribution < -0.4 is 4.90 Å². The molecule has 0 aromatic heterocycles. The lowest BCUT2D eigenvalue weighted by atomic mass is 10.2. The zero-order chi connectivity index (χ0) is 12.0. The van der Waals surface area contributed by atoms with Crippen LogP contribution in [0.1, 0.15) is 13.8 Å². The van der Waals surface area contributed by atoms with Crippen LogP contribution in [0, 0.1) is 0 Å². The molecule has 0 atom stereocenters. The second kappa shape index (κ2) is 6.38. The molecule has 16 heavy (non-hydrogen) atoms. The van der Waals surface area contributed by atoms with Crippen LogP contribution in [0.15, 0.2) is 24.3 Å². The Kier molecular flexibility index (Phi) is 5.12. The Balaban J connectivity index is 0.000000606. The molecule has 1 aliphatic rings. The maximum absolute atomic E-state index is 9.67. The monoisotopic (exact) mass is 222 g/mol. The highest BCUT2D eigenvalue weighted by Gasteiger charge is 2.15. The van der Waals surface area contributed by atoms with E-state index in [1.807, 2.05) is 32.0 Å². The van der Waals surface area contributed by atoms with Crippen molar-refractivity contribution in [3.63, 3.8) is 0 Å². The number of rotatable bonds is 1. The van der Waals surface area contributed by atoms with E-state index in [4.69, 9.17) is 0 Å². The smallest absolute Gasteiger partial charge is 0.138 e. The van der Waals surface area contributed by atoms with Crippen LogP contribution in [0.25, 0.3) is 0 Å². The van der Waals surface area contributed by atoms with Crippen LogP contribution in [0.4, 0.5) is 5.69 Å². The molecule has 1 saturated heterocycles. The van der Waals surface area contributed by atoms with E-state index in [2.05, 4.69) is 16.8 Å². The number of aromatic hydroxyl groups is 1. The van der Waals surface area contributed by atoms with E-state index in [0.29, 0.717) is 5.75 Å². The van der Waals surface area contributed by atoms with Gasteiger partial charge in [0, 0.05) is 26.2 Å². The van der Waals surface area contributed by atoms with E-state index in [1.54, 1.807) is 6.07 Å². The lowest BCUT2D eigenvalue weighted by molar-refractivity contribution is 0.311. The molecule has 1 aliphatic heterocycles. The fraction of sp³-hybridized carbons (Fsp3) is 0.538. The predicted octanol–water partition coefficient (Wildman–Crippen LogP) is 2.17. The van der Waals surface area contributed by atoms with Crippen molar-refractivity contribution < 1.29 is 5.11 Å². The van der Waals surface area contributed by atoms with Crippen molar-refractivity contribution in [1.82, 2.24) is 4.90 Å². The average molecular weight is 222 g/mol. The molecule has 1 heterocycles. The maximum Gasteiger partial charge on any atom is 0.138 e. The minimum atomic E-state index is 0.386. The Morgan fingerprint density at radius 2 is 1.56 bits per heavy atom. The van der Waals surface area contributed by atoms with Crippen molar-refractivity contribution in [2.45, 2.75) is 13.8 Å². The Morgan fingerprint density at radius 3 is 2.12 bits per heavy atom. The lowest BCUT2D eigenvalue weighted by Gasteiger charge is -2.34. The average Bonchev–Trinajstić information content (AvgIpc) is 2.34. The third kappa shape index (κ3) is 3.14. The topological polar surface area (TPSA) is 26.7 Å². The number of para-hydroxylation sites is 2. The fourth-order valence-corrected chi connectivity index (χ4v) is 1.78. The molecule has 1 aromatic rings. The number of hydrogen-bond donors (Lipinski definition) is 1. The zero-order valence-corrected chi connectivity index (χ0v) is 10.5. The highest BCUT2D eigenvalue weighted by atomic mass is 16.3. The van der Waals surface area contributed by atoms with Crippen LogP contribution >= 0.6 is 0 Å². The number of anilines is 1. The molecule has 1 fully saturated rings. The van der Waals surface area contributed by atoms with E-state index < -0.39 is 0 Å². The molecule has 0 radical (unpaired) electrons. The summed E-state index contributed by atoms with van der Waals surface area (Å²) in [5.74, 6) is 0.386.